The number of amides is 2. The number of H-pyrrole nitrogens is 1. The predicted octanol–water partition coefficient (Wildman–Crippen LogP) is 3.71. The molecule has 0 aliphatic carbocycles. The summed E-state index contributed by atoms with van der Waals surface area (Å²) in [5.41, 5.74) is -0.372. The normalized spacial score (nSPS) is 16.3. The second kappa shape index (κ2) is 10.9. The van der Waals surface area contributed by atoms with Crippen LogP contribution in [0.3, 0.4) is 0 Å². The van der Waals surface area contributed by atoms with E-state index in [2.05, 4.69) is 30.5 Å². The number of nitrogens with one attached hydrogen (secondary N) is 3. The smallest absolute Gasteiger partial charge is 0.408 e. The molecule has 4 rings (SSSR count). The van der Waals surface area contributed by atoms with E-state index in [4.69, 9.17) is 16.3 Å². The van der Waals surface area contributed by atoms with Crippen LogP contribution < -0.4 is 15.5 Å². The van der Waals surface area contributed by atoms with Gasteiger partial charge in [-0.15, -0.1) is 0 Å². The predicted molar refractivity (Wildman–Crippen MR) is 141 cm³/mol. The highest BCUT2D eigenvalue weighted by molar-refractivity contribution is 6.30. The average Bonchev–Trinajstić information content (AvgIpc) is 3.33. The Hall–Kier alpha value is -3.37. The number of fused-ring (bicyclic) bond motifs is 1. The minimum Gasteiger partial charge on any atom is -0.444 e. The van der Waals surface area contributed by atoms with Crippen molar-refractivity contribution in [2.24, 2.45) is 0 Å². The van der Waals surface area contributed by atoms with Crippen molar-refractivity contribution < 1.29 is 19.4 Å². The number of carbonyl (C=O) groups is 2. The second-order valence-corrected chi connectivity index (χ2v) is 10.7. The Kier molecular flexibility index (Phi) is 7.89. The minimum absolute atomic E-state index is 0.117. The van der Waals surface area contributed by atoms with Crippen molar-refractivity contribution in [3.05, 3.63) is 53.4 Å². The van der Waals surface area contributed by atoms with Gasteiger partial charge in [-0.3, -0.25) is 4.79 Å². The molecule has 3 heterocycles. The number of benzene rings is 1. The van der Waals surface area contributed by atoms with Crippen molar-refractivity contribution in [2.75, 3.05) is 24.6 Å². The minimum atomic E-state index is -1.21. The van der Waals surface area contributed by atoms with Crippen LogP contribution in [0.4, 0.5) is 10.6 Å². The molecule has 11 heteroatoms. The van der Waals surface area contributed by atoms with E-state index in [9.17, 15) is 14.7 Å². The van der Waals surface area contributed by atoms with Crippen molar-refractivity contribution >= 4 is 40.5 Å². The molecule has 37 heavy (non-hydrogen) atoms. The number of nitrogens with zero attached hydrogens (tertiary/aromatic N) is 3. The third-order valence-corrected chi connectivity index (χ3v) is 6.67. The molecule has 1 fully saturated rings. The maximum atomic E-state index is 13.8. The number of anilines is 1. The maximum Gasteiger partial charge on any atom is 0.408 e. The van der Waals surface area contributed by atoms with E-state index in [-0.39, 0.29) is 12.5 Å². The van der Waals surface area contributed by atoms with Gasteiger partial charge in [0.15, 0.2) is 0 Å². The largest absolute Gasteiger partial charge is 0.444 e. The summed E-state index contributed by atoms with van der Waals surface area (Å²) in [4.78, 5) is 40.6. The monoisotopic (exact) mass is 528 g/mol. The molecule has 1 saturated heterocycles. The van der Waals surface area contributed by atoms with Crippen LogP contribution in [0.5, 0.6) is 0 Å². The molecular weight excluding hydrogens is 496 g/mol. The van der Waals surface area contributed by atoms with Crippen LogP contribution in [0.25, 0.3) is 11.0 Å². The van der Waals surface area contributed by atoms with Gasteiger partial charge >= 0.3 is 6.09 Å². The first-order valence-electron chi connectivity index (χ1n) is 12.3. The van der Waals surface area contributed by atoms with Crippen molar-refractivity contribution in [2.45, 2.75) is 57.2 Å². The highest BCUT2D eigenvalue weighted by Crippen LogP contribution is 2.31. The van der Waals surface area contributed by atoms with Crippen LogP contribution >= 0.6 is 11.6 Å². The number of aliphatic hydroxyl groups is 1. The summed E-state index contributed by atoms with van der Waals surface area (Å²) in [6, 6.07) is 8.58. The fourth-order valence-corrected chi connectivity index (χ4v) is 4.69. The fraction of sp³-hybridized carbons (Fsp3) is 0.462. The van der Waals surface area contributed by atoms with Gasteiger partial charge in [0.2, 0.25) is 5.91 Å². The number of halogens is 1. The molecule has 0 unspecified atom stereocenters. The molecule has 4 N–H and O–H groups in total. The lowest BCUT2D eigenvalue weighted by Gasteiger charge is -2.42. The molecule has 0 bridgehead atoms. The number of aromatic nitrogens is 3. The number of alkyl carbamates (subject to hydrolysis) is 1. The van der Waals surface area contributed by atoms with E-state index in [0.717, 1.165) is 22.4 Å². The summed E-state index contributed by atoms with van der Waals surface area (Å²) >= 11 is 6.03. The van der Waals surface area contributed by atoms with Gasteiger partial charge in [-0.1, -0.05) is 23.7 Å². The fourth-order valence-electron chi connectivity index (χ4n) is 4.56. The average molecular weight is 529 g/mol. The molecule has 0 saturated carbocycles. The van der Waals surface area contributed by atoms with E-state index in [1.807, 2.05) is 24.4 Å². The molecule has 1 atom stereocenters. The lowest BCUT2D eigenvalue weighted by atomic mass is 9.85. The van der Waals surface area contributed by atoms with Crippen LogP contribution in [0.1, 0.15) is 51.6 Å². The quantitative estimate of drug-likeness (QED) is 0.367. The number of ether oxygens (including phenoxy) is 1. The molecule has 3 aromatic rings. The van der Waals surface area contributed by atoms with Gasteiger partial charge < -0.3 is 30.4 Å². The SMILES string of the molecule is CC(C)(C)OC(=O)NC1(C(=O)N[C@@H](CCO)c2ccc(Cl)cc2)CCN(c2ncnc3[nH]ccc23)CC1. The van der Waals surface area contributed by atoms with Crippen LogP contribution in [0.15, 0.2) is 42.9 Å². The zero-order valence-electron chi connectivity index (χ0n) is 21.3. The summed E-state index contributed by atoms with van der Waals surface area (Å²) < 4.78 is 5.50. The van der Waals surface area contributed by atoms with E-state index in [1.165, 1.54) is 6.33 Å². The number of hydrogen-bond acceptors (Lipinski definition) is 7. The number of rotatable bonds is 7. The van der Waals surface area contributed by atoms with Gasteiger partial charge in [-0.25, -0.2) is 14.8 Å². The maximum absolute atomic E-state index is 13.8. The summed E-state index contributed by atoms with van der Waals surface area (Å²) in [5.74, 6) is 0.442. The van der Waals surface area contributed by atoms with Gasteiger partial charge in [0.1, 0.15) is 28.9 Å². The highest BCUT2D eigenvalue weighted by Gasteiger charge is 2.44. The number of aliphatic hydroxyl groups excluding tert-OH is 1. The highest BCUT2D eigenvalue weighted by atomic mass is 35.5. The number of aromatic amines is 1. The van der Waals surface area contributed by atoms with Crippen molar-refractivity contribution in [1.82, 2.24) is 25.6 Å². The third kappa shape index (κ3) is 6.31. The van der Waals surface area contributed by atoms with Crippen molar-refractivity contribution in [3.8, 4) is 0 Å². The van der Waals surface area contributed by atoms with E-state index >= 15 is 0 Å². The molecule has 0 spiro atoms. The summed E-state index contributed by atoms with van der Waals surface area (Å²) in [5, 5.41) is 17.1. The summed E-state index contributed by atoms with van der Waals surface area (Å²) in [7, 11) is 0. The Labute approximate surface area is 220 Å². The van der Waals surface area contributed by atoms with Crippen LogP contribution in [0, 0.1) is 0 Å². The number of piperidine rings is 1. The first-order chi connectivity index (χ1) is 17.6. The zero-order valence-corrected chi connectivity index (χ0v) is 22.0. The molecule has 2 amide bonds. The summed E-state index contributed by atoms with van der Waals surface area (Å²) in [6.07, 6.45) is 3.64. The molecule has 198 valence electrons. The molecule has 2 aromatic heterocycles. The first kappa shape index (κ1) is 26.7. The Balaban J connectivity index is 1.57. The Morgan fingerprint density at radius 2 is 1.89 bits per heavy atom. The Morgan fingerprint density at radius 3 is 2.54 bits per heavy atom. The molecule has 0 radical (unpaired) electrons. The van der Waals surface area contributed by atoms with Gasteiger partial charge in [-0.05, 0) is 63.8 Å². The van der Waals surface area contributed by atoms with Crippen LogP contribution in [-0.2, 0) is 9.53 Å². The van der Waals surface area contributed by atoms with Crippen molar-refractivity contribution in [1.29, 1.82) is 0 Å². The number of carbonyl (C=O) groups excluding carboxylic acids is 2. The van der Waals surface area contributed by atoms with Gasteiger partial charge in [0.05, 0.1) is 11.4 Å². The molecule has 1 aliphatic rings. The van der Waals surface area contributed by atoms with Crippen molar-refractivity contribution in [3.63, 3.8) is 0 Å². The van der Waals surface area contributed by atoms with E-state index in [1.54, 1.807) is 32.9 Å². The molecule has 1 aliphatic heterocycles. The number of hydrogen-bond donors (Lipinski definition) is 4. The molecule has 1 aromatic carbocycles. The molecule has 10 nitrogen and oxygen atoms in total. The second-order valence-electron chi connectivity index (χ2n) is 10.2. The third-order valence-electron chi connectivity index (χ3n) is 6.42. The van der Waals surface area contributed by atoms with E-state index < -0.39 is 23.3 Å². The van der Waals surface area contributed by atoms with E-state index in [0.29, 0.717) is 37.4 Å². The lowest BCUT2D eigenvalue weighted by Crippen LogP contribution is -2.64. The molecular formula is C26H33ClN6O4. The standard InChI is InChI=1S/C26H33ClN6O4/c1-25(2,3)37-24(36)32-26(23(35)31-20(9-15-34)17-4-6-18(27)7-5-17)10-13-33(14-11-26)22-19-8-12-28-21(19)29-16-30-22/h4-8,12,16,20,34H,9-11,13-15H2,1-3H3,(H,31,35)(H,32,36)(H,28,29,30)/t20-/m0/s1. The first-order valence-corrected chi connectivity index (χ1v) is 12.7. The van der Waals surface area contributed by atoms with Gasteiger partial charge in [-0.2, -0.15) is 0 Å². The zero-order chi connectivity index (χ0) is 26.6. The summed E-state index contributed by atoms with van der Waals surface area (Å²) in [6.45, 7) is 6.16. The van der Waals surface area contributed by atoms with Gasteiger partial charge in [0, 0.05) is 30.9 Å². The lowest BCUT2D eigenvalue weighted by molar-refractivity contribution is -0.129. The topological polar surface area (TPSA) is 132 Å². The van der Waals surface area contributed by atoms with Gasteiger partial charge in [0.25, 0.3) is 0 Å². The van der Waals surface area contributed by atoms with Crippen LogP contribution in [0.2, 0.25) is 5.02 Å². The Bertz CT molecular complexity index is 1230. The van der Waals surface area contributed by atoms with Crippen LogP contribution in [-0.4, -0.2) is 62.9 Å². The Morgan fingerprint density at radius 1 is 1.19 bits per heavy atom.